The predicted octanol–water partition coefficient (Wildman–Crippen LogP) is 4.04. The molecule has 0 radical (unpaired) electrons. The van der Waals surface area contributed by atoms with Gasteiger partial charge in [0.2, 0.25) is 20.0 Å². The fourth-order valence-corrected chi connectivity index (χ4v) is 8.93. The molecule has 0 aliphatic carbocycles. The van der Waals surface area contributed by atoms with E-state index >= 15 is 0 Å². The van der Waals surface area contributed by atoms with Crippen molar-refractivity contribution in [3.05, 3.63) is 67.0 Å². The summed E-state index contributed by atoms with van der Waals surface area (Å²) in [4.78, 5) is 4.30. The van der Waals surface area contributed by atoms with Gasteiger partial charge in [0.1, 0.15) is 11.9 Å². The van der Waals surface area contributed by atoms with Crippen LogP contribution in [0.25, 0.3) is 10.8 Å². The molecule has 2 saturated heterocycles. The van der Waals surface area contributed by atoms with Crippen LogP contribution in [0.4, 0.5) is 0 Å². The molecule has 3 aromatic rings. The van der Waals surface area contributed by atoms with Gasteiger partial charge in [-0.2, -0.15) is 4.31 Å². The van der Waals surface area contributed by atoms with E-state index in [2.05, 4.69) is 4.98 Å². The smallest absolute Gasteiger partial charge is 0.243 e. The lowest BCUT2D eigenvalue weighted by atomic mass is 10.1. The van der Waals surface area contributed by atoms with Gasteiger partial charge in [-0.1, -0.05) is 36.4 Å². The fraction of sp³-hybridized carbons (Fsp3) is 0.444. The van der Waals surface area contributed by atoms with Crippen LogP contribution >= 0.6 is 0 Å². The predicted molar refractivity (Wildman–Crippen MR) is 143 cm³/mol. The highest BCUT2D eigenvalue weighted by atomic mass is 32.2. The number of ether oxygens (including phenoxy) is 1. The zero-order chi connectivity index (χ0) is 25.9. The van der Waals surface area contributed by atoms with Crippen molar-refractivity contribution >= 4 is 30.8 Å². The SMILES string of the molecule is O=S(=O)(CCC[C@@H]1CCCN1S(=O)(=O)c1cccc2ccccc12)N1CCC(Oc2ccncc2)CC1. The molecule has 2 fully saturated rings. The minimum absolute atomic E-state index is 0.0137. The molecule has 0 amide bonds. The summed E-state index contributed by atoms with van der Waals surface area (Å²) in [6, 6.07) is 16.3. The van der Waals surface area contributed by atoms with Crippen LogP contribution in [-0.2, 0) is 20.0 Å². The second-order valence-electron chi connectivity index (χ2n) is 9.75. The minimum atomic E-state index is -3.68. The maximum absolute atomic E-state index is 13.6. The van der Waals surface area contributed by atoms with Crippen LogP contribution < -0.4 is 4.74 Å². The van der Waals surface area contributed by atoms with Gasteiger partial charge in [0.05, 0.1) is 10.6 Å². The molecule has 1 aromatic heterocycles. The van der Waals surface area contributed by atoms with Gasteiger partial charge in [-0.05, 0) is 62.1 Å². The molecular formula is C27H33N3O5S2. The third kappa shape index (κ3) is 5.82. The first kappa shape index (κ1) is 26.1. The number of aromatic nitrogens is 1. The molecule has 0 N–H and O–H groups in total. The molecule has 2 aromatic carbocycles. The largest absolute Gasteiger partial charge is 0.490 e. The average Bonchev–Trinajstić information content (AvgIpc) is 3.39. The van der Waals surface area contributed by atoms with Gasteiger partial charge in [-0.3, -0.25) is 4.98 Å². The first-order valence-corrected chi connectivity index (χ1v) is 15.9. The maximum atomic E-state index is 13.6. The van der Waals surface area contributed by atoms with E-state index in [1.54, 1.807) is 45.3 Å². The van der Waals surface area contributed by atoms with Gasteiger partial charge in [0, 0.05) is 43.5 Å². The number of hydrogen-bond donors (Lipinski definition) is 0. The molecule has 1 atom stereocenters. The third-order valence-corrected chi connectivity index (χ3v) is 11.3. The van der Waals surface area contributed by atoms with Crippen molar-refractivity contribution < 1.29 is 21.6 Å². The normalized spacial score (nSPS) is 20.4. The van der Waals surface area contributed by atoms with Crippen molar-refractivity contribution in [1.82, 2.24) is 13.6 Å². The molecule has 0 bridgehead atoms. The monoisotopic (exact) mass is 543 g/mol. The molecular weight excluding hydrogens is 510 g/mol. The summed E-state index contributed by atoms with van der Waals surface area (Å²) in [5.74, 6) is 0.775. The van der Waals surface area contributed by atoms with Crippen molar-refractivity contribution in [2.45, 2.75) is 55.6 Å². The lowest BCUT2D eigenvalue weighted by Crippen LogP contribution is -2.43. The number of sulfonamides is 2. The van der Waals surface area contributed by atoms with E-state index in [9.17, 15) is 16.8 Å². The number of piperidine rings is 1. The van der Waals surface area contributed by atoms with Crippen LogP contribution in [0.3, 0.4) is 0 Å². The van der Waals surface area contributed by atoms with Gasteiger partial charge in [-0.15, -0.1) is 0 Å². The van der Waals surface area contributed by atoms with E-state index < -0.39 is 20.0 Å². The summed E-state index contributed by atoms with van der Waals surface area (Å²) in [7, 11) is -7.08. The zero-order valence-electron chi connectivity index (χ0n) is 20.8. The summed E-state index contributed by atoms with van der Waals surface area (Å²) in [6.07, 6.45) is 7.12. The molecule has 0 unspecified atom stereocenters. The first-order chi connectivity index (χ1) is 17.8. The summed E-state index contributed by atoms with van der Waals surface area (Å²) < 4.78 is 62.3. The van der Waals surface area contributed by atoms with Gasteiger partial charge in [0.25, 0.3) is 0 Å². The molecule has 8 nitrogen and oxygen atoms in total. The highest BCUT2D eigenvalue weighted by Gasteiger charge is 2.36. The Morgan fingerprint density at radius 3 is 2.38 bits per heavy atom. The van der Waals surface area contributed by atoms with Crippen molar-refractivity contribution in [2.24, 2.45) is 0 Å². The van der Waals surface area contributed by atoms with E-state index in [0.717, 1.165) is 29.4 Å². The van der Waals surface area contributed by atoms with Crippen molar-refractivity contribution in [3.63, 3.8) is 0 Å². The van der Waals surface area contributed by atoms with Crippen LogP contribution in [-0.4, -0.2) is 68.0 Å². The minimum Gasteiger partial charge on any atom is -0.490 e. The summed E-state index contributed by atoms with van der Waals surface area (Å²) >= 11 is 0. The maximum Gasteiger partial charge on any atom is 0.243 e. The van der Waals surface area contributed by atoms with Crippen LogP contribution in [0.2, 0.25) is 0 Å². The highest BCUT2D eigenvalue weighted by molar-refractivity contribution is 7.89. The summed E-state index contributed by atoms with van der Waals surface area (Å²) in [5, 5.41) is 1.61. The molecule has 5 rings (SSSR count). The highest BCUT2D eigenvalue weighted by Crippen LogP contribution is 2.32. The van der Waals surface area contributed by atoms with Crippen LogP contribution in [0.5, 0.6) is 5.75 Å². The third-order valence-electron chi connectivity index (χ3n) is 7.35. The van der Waals surface area contributed by atoms with E-state index in [1.807, 2.05) is 30.3 Å². The van der Waals surface area contributed by atoms with E-state index in [4.69, 9.17) is 4.74 Å². The Morgan fingerprint density at radius 2 is 1.59 bits per heavy atom. The molecule has 2 aliphatic rings. The molecule has 37 heavy (non-hydrogen) atoms. The van der Waals surface area contributed by atoms with E-state index in [0.29, 0.717) is 50.2 Å². The zero-order valence-corrected chi connectivity index (χ0v) is 22.4. The summed E-state index contributed by atoms with van der Waals surface area (Å²) in [5.41, 5.74) is 0. The Bertz CT molecular complexity index is 1420. The molecule has 0 saturated carbocycles. The van der Waals surface area contributed by atoms with Gasteiger partial charge < -0.3 is 4.74 Å². The number of fused-ring (bicyclic) bond motifs is 1. The molecule has 10 heteroatoms. The Hall–Kier alpha value is -2.53. The van der Waals surface area contributed by atoms with E-state index in [-0.39, 0.29) is 17.9 Å². The average molecular weight is 544 g/mol. The number of pyridine rings is 1. The van der Waals surface area contributed by atoms with Gasteiger partial charge in [-0.25, -0.2) is 21.1 Å². The molecule has 198 valence electrons. The van der Waals surface area contributed by atoms with Crippen LogP contribution in [0, 0.1) is 0 Å². The second-order valence-corrected chi connectivity index (χ2v) is 13.7. The van der Waals surface area contributed by atoms with Crippen molar-refractivity contribution in [1.29, 1.82) is 0 Å². The number of benzene rings is 2. The fourth-order valence-electron chi connectivity index (χ4n) is 5.43. The molecule has 0 spiro atoms. The van der Waals surface area contributed by atoms with E-state index in [1.165, 1.54) is 0 Å². The van der Waals surface area contributed by atoms with Crippen LogP contribution in [0.15, 0.2) is 71.9 Å². The van der Waals surface area contributed by atoms with Crippen molar-refractivity contribution in [3.8, 4) is 5.75 Å². The van der Waals surface area contributed by atoms with Crippen molar-refractivity contribution in [2.75, 3.05) is 25.4 Å². The Labute approximate surface area is 219 Å². The standard InChI is InChI=1S/C27H33N3O5S2/c31-36(32,29-19-14-25(15-20-29)35-24-12-16-28-17-13-24)21-5-9-23-8-4-18-30(23)37(33,34)27-11-3-7-22-6-1-2-10-26(22)27/h1-3,6-7,10-13,16-17,23,25H,4-5,8-9,14-15,18-21H2/t23-/m0/s1. The summed E-state index contributed by atoms with van der Waals surface area (Å²) in [6.45, 7) is 1.33. The lowest BCUT2D eigenvalue weighted by molar-refractivity contribution is 0.135. The first-order valence-electron chi connectivity index (χ1n) is 12.9. The number of nitrogens with zero attached hydrogens (tertiary/aromatic N) is 3. The quantitative estimate of drug-likeness (QED) is 0.404. The second kappa shape index (κ2) is 11.1. The van der Waals surface area contributed by atoms with Gasteiger partial charge >= 0.3 is 0 Å². The van der Waals surface area contributed by atoms with Crippen LogP contribution in [0.1, 0.15) is 38.5 Å². The number of hydrogen-bond acceptors (Lipinski definition) is 6. The van der Waals surface area contributed by atoms with Gasteiger partial charge in [0.15, 0.2) is 0 Å². The Balaban J connectivity index is 1.17. The Morgan fingerprint density at radius 1 is 0.865 bits per heavy atom. The Kier molecular flexibility index (Phi) is 7.80. The molecule has 3 heterocycles. The molecule has 2 aliphatic heterocycles. The topological polar surface area (TPSA) is 96.9 Å². The number of rotatable bonds is 9. The lowest BCUT2D eigenvalue weighted by Gasteiger charge is -2.31.